The van der Waals surface area contributed by atoms with E-state index in [0.29, 0.717) is 22.7 Å². The van der Waals surface area contributed by atoms with E-state index in [-0.39, 0.29) is 11.3 Å². The molecule has 24 heavy (non-hydrogen) atoms. The van der Waals surface area contributed by atoms with Gasteiger partial charge in [-0.25, -0.2) is 4.98 Å². The standard InChI is InChI=1S/C17H19F3N2OS/c1-5-10(2)22-14-11(3)12(15-21-8-9-24-15)6-7-13(14)16(4,23)17(18,19)20/h6-9,23H,5H2,1-4H3/b22-10-. The SMILES string of the molecule is CC/C(C)=N\c1c(C(C)(O)C(F)(F)F)ccc(-c2nccs2)c1C. The molecule has 1 unspecified atom stereocenters. The van der Waals surface area contributed by atoms with Crippen LogP contribution in [-0.4, -0.2) is 22.0 Å². The van der Waals surface area contributed by atoms with E-state index in [1.54, 1.807) is 31.5 Å². The molecule has 0 aliphatic rings. The lowest BCUT2D eigenvalue weighted by Crippen LogP contribution is -2.39. The number of hydrogen-bond acceptors (Lipinski definition) is 4. The molecular weight excluding hydrogens is 337 g/mol. The zero-order chi connectivity index (χ0) is 18.1. The Kier molecular flexibility index (Phi) is 5.15. The number of aromatic nitrogens is 1. The number of alkyl halides is 3. The summed E-state index contributed by atoms with van der Waals surface area (Å²) in [6.45, 7) is 6.08. The molecule has 1 N–H and O–H groups in total. The highest BCUT2D eigenvalue weighted by atomic mass is 32.1. The van der Waals surface area contributed by atoms with Crippen LogP contribution in [0.5, 0.6) is 0 Å². The Morgan fingerprint density at radius 2 is 2.00 bits per heavy atom. The van der Waals surface area contributed by atoms with Gasteiger partial charge in [-0.2, -0.15) is 13.2 Å². The zero-order valence-electron chi connectivity index (χ0n) is 13.9. The molecular formula is C17H19F3N2OS. The summed E-state index contributed by atoms with van der Waals surface area (Å²) >= 11 is 1.40. The molecule has 1 aromatic heterocycles. The average Bonchev–Trinajstić information content (AvgIpc) is 3.01. The first-order chi connectivity index (χ1) is 11.1. The van der Waals surface area contributed by atoms with Crippen molar-refractivity contribution in [2.75, 3.05) is 0 Å². The second-order valence-corrected chi connectivity index (χ2v) is 6.64. The highest BCUT2D eigenvalue weighted by molar-refractivity contribution is 7.13. The summed E-state index contributed by atoms with van der Waals surface area (Å²) in [5, 5.41) is 12.6. The van der Waals surface area contributed by atoms with E-state index in [0.717, 1.165) is 12.5 Å². The van der Waals surface area contributed by atoms with Crippen LogP contribution in [-0.2, 0) is 5.60 Å². The van der Waals surface area contributed by atoms with Crippen molar-refractivity contribution in [3.63, 3.8) is 0 Å². The van der Waals surface area contributed by atoms with Crippen LogP contribution in [0.3, 0.4) is 0 Å². The zero-order valence-corrected chi connectivity index (χ0v) is 14.7. The van der Waals surface area contributed by atoms with Crippen molar-refractivity contribution in [2.45, 2.75) is 45.9 Å². The van der Waals surface area contributed by atoms with Gasteiger partial charge < -0.3 is 5.11 Å². The minimum atomic E-state index is -4.80. The van der Waals surface area contributed by atoms with Crippen LogP contribution in [0.15, 0.2) is 28.7 Å². The van der Waals surface area contributed by atoms with Crippen LogP contribution < -0.4 is 0 Å². The predicted molar refractivity (Wildman–Crippen MR) is 91.0 cm³/mol. The molecule has 0 amide bonds. The molecule has 0 radical (unpaired) electrons. The van der Waals surface area contributed by atoms with Crippen molar-refractivity contribution in [3.05, 3.63) is 34.8 Å². The number of halogens is 3. The molecule has 0 aliphatic carbocycles. The van der Waals surface area contributed by atoms with E-state index in [9.17, 15) is 18.3 Å². The van der Waals surface area contributed by atoms with Gasteiger partial charge in [-0.15, -0.1) is 11.3 Å². The molecule has 1 aromatic carbocycles. The topological polar surface area (TPSA) is 45.5 Å². The van der Waals surface area contributed by atoms with E-state index in [4.69, 9.17) is 0 Å². The quantitative estimate of drug-likeness (QED) is 0.747. The lowest BCUT2D eigenvalue weighted by atomic mass is 9.90. The number of aliphatic imine (C=N–C) groups is 1. The molecule has 7 heteroatoms. The van der Waals surface area contributed by atoms with E-state index in [1.165, 1.54) is 17.4 Å². The van der Waals surface area contributed by atoms with Gasteiger partial charge in [-0.05, 0) is 32.8 Å². The van der Waals surface area contributed by atoms with E-state index in [2.05, 4.69) is 9.98 Å². The largest absolute Gasteiger partial charge is 0.421 e. The second kappa shape index (κ2) is 6.64. The van der Waals surface area contributed by atoms with E-state index < -0.39 is 11.8 Å². The highest BCUT2D eigenvalue weighted by Gasteiger charge is 2.52. The number of hydrogen-bond donors (Lipinski definition) is 1. The third-order valence-electron chi connectivity index (χ3n) is 3.98. The Bertz CT molecular complexity index is 750. The van der Waals surface area contributed by atoms with Gasteiger partial charge in [-0.3, -0.25) is 4.99 Å². The van der Waals surface area contributed by atoms with Crippen molar-refractivity contribution in [2.24, 2.45) is 4.99 Å². The van der Waals surface area contributed by atoms with E-state index >= 15 is 0 Å². The van der Waals surface area contributed by atoms with Crippen molar-refractivity contribution in [3.8, 4) is 10.6 Å². The average molecular weight is 356 g/mol. The van der Waals surface area contributed by atoms with Crippen molar-refractivity contribution >= 4 is 22.7 Å². The number of benzene rings is 1. The van der Waals surface area contributed by atoms with Gasteiger partial charge in [0.15, 0.2) is 5.60 Å². The molecule has 130 valence electrons. The van der Waals surface area contributed by atoms with Crippen molar-refractivity contribution in [1.29, 1.82) is 0 Å². The predicted octanol–water partition coefficient (Wildman–Crippen LogP) is 5.39. The summed E-state index contributed by atoms with van der Waals surface area (Å²) < 4.78 is 39.9. The minimum Gasteiger partial charge on any atom is -0.376 e. The summed E-state index contributed by atoms with van der Waals surface area (Å²) in [4.78, 5) is 8.57. The molecule has 0 saturated carbocycles. The number of nitrogens with zero attached hydrogens (tertiary/aromatic N) is 2. The second-order valence-electron chi connectivity index (χ2n) is 5.74. The molecule has 0 saturated heterocycles. The van der Waals surface area contributed by atoms with E-state index in [1.807, 2.05) is 6.92 Å². The van der Waals surface area contributed by atoms with Crippen LogP contribution in [0.2, 0.25) is 0 Å². The third-order valence-corrected chi connectivity index (χ3v) is 4.79. The van der Waals surface area contributed by atoms with Crippen LogP contribution in [0.4, 0.5) is 18.9 Å². The lowest BCUT2D eigenvalue weighted by Gasteiger charge is -2.29. The maximum atomic E-state index is 13.3. The van der Waals surface area contributed by atoms with Crippen LogP contribution >= 0.6 is 11.3 Å². The van der Waals surface area contributed by atoms with Crippen LogP contribution in [0, 0.1) is 6.92 Å². The fourth-order valence-electron chi connectivity index (χ4n) is 2.25. The van der Waals surface area contributed by atoms with Crippen molar-refractivity contribution < 1.29 is 18.3 Å². The molecule has 0 fully saturated rings. The normalized spacial score (nSPS) is 15.4. The fraction of sp³-hybridized carbons (Fsp3) is 0.412. The summed E-state index contributed by atoms with van der Waals surface area (Å²) in [6.07, 6.45) is -2.56. The fourth-order valence-corrected chi connectivity index (χ4v) is 2.97. The molecule has 0 spiro atoms. The van der Waals surface area contributed by atoms with Crippen LogP contribution in [0.25, 0.3) is 10.6 Å². The summed E-state index contributed by atoms with van der Waals surface area (Å²) in [7, 11) is 0. The molecule has 1 heterocycles. The Morgan fingerprint density at radius 3 is 2.50 bits per heavy atom. The maximum absolute atomic E-state index is 13.3. The van der Waals surface area contributed by atoms with Crippen LogP contribution in [0.1, 0.15) is 38.3 Å². The van der Waals surface area contributed by atoms with Crippen molar-refractivity contribution in [1.82, 2.24) is 4.98 Å². The highest BCUT2D eigenvalue weighted by Crippen LogP contribution is 2.45. The summed E-state index contributed by atoms with van der Waals surface area (Å²) in [5.41, 5.74) is -1.10. The minimum absolute atomic E-state index is 0.157. The first-order valence-corrected chi connectivity index (χ1v) is 8.34. The Labute approximate surface area is 142 Å². The lowest BCUT2D eigenvalue weighted by molar-refractivity contribution is -0.258. The van der Waals surface area contributed by atoms with Gasteiger partial charge >= 0.3 is 6.18 Å². The number of rotatable bonds is 4. The van der Waals surface area contributed by atoms with Gasteiger partial charge in [0, 0.05) is 28.4 Å². The maximum Gasteiger partial charge on any atom is 0.421 e. The Hall–Kier alpha value is -1.73. The van der Waals surface area contributed by atoms with Gasteiger partial charge in [-0.1, -0.05) is 19.1 Å². The molecule has 1 atom stereocenters. The third kappa shape index (κ3) is 3.37. The summed E-state index contributed by atoms with van der Waals surface area (Å²) in [6, 6.07) is 2.85. The Morgan fingerprint density at radius 1 is 1.33 bits per heavy atom. The first kappa shape index (κ1) is 18.6. The van der Waals surface area contributed by atoms with Gasteiger partial charge in [0.05, 0.1) is 5.69 Å². The molecule has 2 rings (SSSR count). The molecule has 2 aromatic rings. The molecule has 0 bridgehead atoms. The molecule has 3 nitrogen and oxygen atoms in total. The molecule has 0 aliphatic heterocycles. The smallest absolute Gasteiger partial charge is 0.376 e. The van der Waals surface area contributed by atoms with Gasteiger partial charge in [0.2, 0.25) is 0 Å². The first-order valence-electron chi connectivity index (χ1n) is 7.46. The van der Waals surface area contributed by atoms with Gasteiger partial charge in [0.25, 0.3) is 0 Å². The number of aliphatic hydroxyl groups is 1. The monoisotopic (exact) mass is 356 g/mol. The number of thiazole rings is 1. The summed E-state index contributed by atoms with van der Waals surface area (Å²) in [5.74, 6) is 0. The van der Waals surface area contributed by atoms with Gasteiger partial charge in [0.1, 0.15) is 5.01 Å². The Balaban J connectivity index is 2.75.